The Kier molecular flexibility index (Phi) is 12.4. The summed E-state index contributed by atoms with van der Waals surface area (Å²) in [6, 6.07) is 16.5. The highest BCUT2D eigenvalue weighted by Gasteiger charge is 2.49. The normalized spacial score (nSPS) is 19.1. The van der Waals surface area contributed by atoms with Gasteiger partial charge in [-0.2, -0.15) is 0 Å². The first-order valence-corrected chi connectivity index (χ1v) is 17.3. The van der Waals surface area contributed by atoms with Crippen molar-refractivity contribution in [2.24, 2.45) is 0 Å². The number of carbonyl (C=O) groups excluding carboxylic acids is 3. The number of aliphatic hydroxyl groups is 1. The molecule has 1 aliphatic carbocycles. The van der Waals surface area contributed by atoms with E-state index < -0.39 is 52.7 Å². The van der Waals surface area contributed by atoms with Crippen LogP contribution in [-0.4, -0.2) is 70.0 Å². The zero-order valence-electron chi connectivity index (χ0n) is 26.7. The molecule has 2 fully saturated rings. The Balaban J connectivity index is 1.15. The van der Waals surface area contributed by atoms with Gasteiger partial charge in [-0.1, -0.05) is 43.5 Å². The van der Waals surface area contributed by atoms with Gasteiger partial charge in [0.05, 0.1) is 18.7 Å². The van der Waals surface area contributed by atoms with Crippen molar-refractivity contribution >= 4 is 41.0 Å². The summed E-state index contributed by atoms with van der Waals surface area (Å²) >= 11 is 1.27. The molecule has 0 spiro atoms. The van der Waals surface area contributed by atoms with E-state index in [2.05, 4.69) is 10.6 Å². The fourth-order valence-corrected chi connectivity index (χ4v) is 7.34. The van der Waals surface area contributed by atoms with Crippen LogP contribution in [0.1, 0.15) is 61.8 Å². The fraction of sp³-hybridized carbons (Fsp3) is 0.389. The van der Waals surface area contributed by atoms with E-state index in [1.54, 1.807) is 29.2 Å². The van der Waals surface area contributed by atoms with Gasteiger partial charge in [0.1, 0.15) is 28.7 Å². The van der Waals surface area contributed by atoms with E-state index in [-0.39, 0.29) is 37.3 Å². The number of aliphatic hydroxyl groups excluding tert-OH is 1. The Morgan fingerprint density at radius 1 is 0.918 bits per heavy atom. The number of carboxylic acid groups (broad SMARTS) is 1. The highest BCUT2D eigenvalue weighted by atomic mass is 32.2. The molecular weight excluding hydrogens is 656 g/mol. The minimum atomic E-state index is -1.10. The number of ether oxygens (including phenoxy) is 1. The number of nitrogens with one attached hydrogen (secondary N) is 2. The minimum absolute atomic E-state index is 0.0677. The van der Waals surface area contributed by atoms with Gasteiger partial charge in [-0.3, -0.25) is 19.2 Å². The maximum atomic E-state index is 13.6. The lowest BCUT2D eigenvalue weighted by Gasteiger charge is -2.47. The molecule has 1 saturated carbocycles. The molecule has 4 N–H and O–H groups in total. The molecule has 3 aromatic carbocycles. The molecule has 5 rings (SSSR count). The Labute approximate surface area is 287 Å². The Hall–Kier alpha value is -4.33. The molecule has 0 bridgehead atoms. The summed E-state index contributed by atoms with van der Waals surface area (Å²) in [7, 11) is 0. The van der Waals surface area contributed by atoms with Crippen molar-refractivity contribution in [3.63, 3.8) is 0 Å². The number of ketones is 1. The Morgan fingerprint density at radius 2 is 1.55 bits per heavy atom. The third kappa shape index (κ3) is 9.64. The van der Waals surface area contributed by atoms with Gasteiger partial charge in [0.2, 0.25) is 5.91 Å². The van der Waals surface area contributed by atoms with Gasteiger partial charge in [-0.15, -0.1) is 11.8 Å². The molecule has 260 valence electrons. The number of nitrogens with zero attached hydrogens (tertiary/aromatic N) is 1. The number of anilines is 1. The number of aliphatic carboxylic acids is 1. The quantitative estimate of drug-likeness (QED) is 0.157. The number of thioether (sulfide) groups is 1. The van der Waals surface area contributed by atoms with Crippen molar-refractivity contribution in [2.45, 2.75) is 68.0 Å². The van der Waals surface area contributed by atoms with Crippen molar-refractivity contribution < 1.29 is 42.9 Å². The highest BCUT2D eigenvalue weighted by Crippen LogP contribution is 2.46. The number of amides is 2. The van der Waals surface area contributed by atoms with Gasteiger partial charge in [0, 0.05) is 23.9 Å². The van der Waals surface area contributed by atoms with Crippen LogP contribution in [0.25, 0.3) is 0 Å². The van der Waals surface area contributed by atoms with E-state index in [9.17, 15) is 38.2 Å². The maximum absolute atomic E-state index is 13.6. The van der Waals surface area contributed by atoms with E-state index in [1.165, 1.54) is 60.3 Å². The molecule has 2 aliphatic rings. The number of benzene rings is 3. The zero-order valence-corrected chi connectivity index (χ0v) is 27.5. The lowest BCUT2D eigenvalue weighted by atomic mass is 9.92. The van der Waals surface area contributed by atoms with Crippen molar-refractivity contribution in [2.75, 3.05) is 23.8 Å². The van der Waals surface area contributed by atoms with Crippen LogP contribution in [0.15, 0.2) is 72.8 Å². The van der Waals surface area contributed by atoms with Crippen molar-refractivity contribution in [1.82, 2.24) is 10.6 Å². The van der Waals surface area contributed by atoms with Crippen LogP contribution in [-0.2, 0) is 19.2 Å². The van der Waals surface area contributed by atoms with Gasteiger partial charge in [-0.25, -0.2) is 8.78 Å². The van der Waals surface area contributed by atoms with E-state index in [1.807, 2.05) is 0 Å². The number of hydrogen-bond acceptors (Lipinski definition) is 8. The summed E-state index contributed by atoms with van der Waals surface area (Å²) in [5.41, 5.74) is 1.78. The summed E-state index contributed by atoms with van der Waals surface area (Å²) in [6.07, 6.45) is 3.76. The maximum Gasteiger partial charge on any atom is 0.321 e. The van der Waals surface area contributed by atoms with Crippen LogP contribution in [0.5, 0.6) is 5.75 Å². The molecule has 13 heteroatoms. The number of rotatable bonds is 16. The monoisotopic (exact) mass is 695 g/mol. The van der Waals surface area contributed by atoms with Crippen LogP contribution < -0.4 is 20.3 Å². The number of β-lactam (4-membered cyclic amide) rings is 1. The standard InChI is InChI=1S/C36H39F2N3O7S/c37-24-10-6-22(7-11-24)31(43)21-49-34-33(41(35(34)45)27-14-12-25(38)13-15-27)23-8-16-29(17-9-23)48-20-32(44)39-19-28(42)18-30(36(46)47)40-26-4-2-1-3-5-26/h6-17,26,30-31,33-34,40,43H,1-5,18-21H2,(H,39,44)(H,46,47)/t30-,31-,33-,34-/m1/s1. The molecule has 0 radical (unpaired) electrons. The fourth-order valence-electron chi connectivity index (χ4n) is 6.04. The molecule has 0 unspecified atom stereocenters. The molecule has 49 heavy (non-hydrogen) atoms. The predicted molar refractivity (Wildman–Crippen MR) is 180 cm³/mol. The minimum Gasteiger partial charge on any atom is -0.484 e. The smallest absolute Gasteiger partial charge is 0.321 e. The Bertz CT molecular complexity index is 1600. The first-order chi connectivity index (χ1) is 23.6. The van der Waals surface area contributed by atoms with E-state index in [0.717, 1.165) is 37.7 Å². The van der Waals surface area contributed by atoms with E-state index >= 15 is 0 Å². The Morgan fingerprint density at radius 3 is 2.18 bits per heavy atom. The van der Waals surface area contributed by atoms with Crippen LogP contribution in [0, 0.1) is 11.6 Å². The number of Topliss-reactive ketones (excluding diaryl/α,β-unsaturated/α-hetero) is 1. The number of halogens is 2. The lowest BCUT2D eigenvalue weighted by Crippen LogP contribution is -2.57. The van der Waals surface area contributed by atoms with Crippen LogP contribution in [0.3, 0.4) is 0 Å². The summed E-state index contributed by atoms with van der Waals surface area (Å²) < 4.78 is 32.6. The summed E-state index contributed by atoms with van der Waals surface area (Å²) in [5.74, 6) is -2.58. The van der Waals surface area contributed by atoms with Gasteiger partial charge < -0.3 is 30.5 Å². The van der Waals surface area contributed by atoms with E-state index in [4.69, 9.17) is 4.74 Å². The first kappa shape index (κ1) is 36.0. The zero-order chi connectivity index (χ0) is 34.9. The molecule has 2 amide bonds. The molecule has 10 nitrogen and oxygen atoms in total. The number of carboxylic acids is 1. The van der Waals surface area contributed by atoms with Crippen molar-refractivity contribution in [3.05, 3.63) is 95.6 Å². The summed E-state index contributed by atoms with van der Waals surface area (Å²) in [6.45, 7) is -0.695. The molecular formula is C36H39F2N3O7S. The third-order valence-corrected chi connectivity index (χ3v) is 10.0. The SMILES string of the molecule is O=C(CNC(=O)COc1ccc([C@@H]2[C@@H](SC[C@@H](O)c3ccc(F)cc3)C(=O)N2c2ccc(F)cc2)cc1)C[C@@H](NC1CCCCC1)C(=O)O. The van der Waals surface area contributed by atoms with Gasteiger partial charge in [-0.05, 0) is 72.5 Å². The number of hydrogen-bond donors (Lipinski definition) is 4. The van der Waals surface area contributed by atoms with Crippen LogP contribution in [0.4, 0.5) is 14.5 Å². The molecule has 0 aromatic heterocycles. The average molecular weight is 696 g/mol. The second-order valence-electron chi connectivity index (χ2n) is 12.2. The first-order valence-electron chi connectivity index (χ1n) is 16.2. The number of carbonyl (C=O) groups is 4. The average Bonchev–Trinajstić information content (AvgIpc) is 3.10. The van der Waals surface area contributed by atoms with Gasteiger partial charge in [0.15, 0.2) is 12.4 Å². The molecule has 1 heterocycles. The predicted octanol–water partition coefficient (Wildman–Crippen LogP) is 4.72. The third-order valence-electron chi connectivity index (χ3n) is 8.69. The van der Waals surface area contributed by atoms with Crippen LogP contribution >= 0.6 is 11.8 Å². The second kappa shape index (κ2) is 16.9. The van der Waals surface area contributed by atoms with Gasteiger partial charge in [0.25, 0.3) is 5.91 Å². The molecule has 3 aromatic rings. The summed E-state index contributed by atoms with van der Waals surface area (Å²) in [5, 5.41) is 25.2. The lowest BCUT2D eigenvalue weighted by molar-refractivity contribution is -0.141. The van der Waals surface area contributed by atoms with E-state index in [0.29, 0.717) is 17.0 Å². The van der Waals surface area contributed by atoms with Gasteiger partial charge >= 0.3 is 5.97 Å². The largest absolute Gasteiger partial charge is 0.484 e. The topological polar surface area (TPSA) is 145 Å². The molecule has 1 aliphatic heterocycles. The van der Waals surface area contributed by atoms with Crippen molar-refractivity contribution in [3.8, 4) is 5.75 Å². The second-order valence-corrected chi connectivity index (χ2v) is 13.4. The molecule has 4 atom stereocenters. The molecule has 1 saturated heterocycles. The highest BCUT2D eigenvalue weighted by molar-refractivity contribution is 8.00. The van der Waals surface area contributed by atoms with Crippen LogP contribution in [0.2, 0.25) is 0 Å². The van der Waals surface area contributed by atoms with Crippen molar-refractivity contribution in [1.29, 1.82) is 0 Å². The summed E-state index contributed by atoms with van der Waals surface area (Å²) in [4.78, 5) is 51.4.